The molecule has 4 heteroatoms. The fourth-order valence-electron chi connectivity index (χ4n) is 2.62. The molecule has 19 heavy (non-hydrogen) atoms. The SMILES string of the molecule is Cc1cc(C(=O)O)ccc1NC(C)CN1CCCC1. The third kappa shape index (κ3) is 3.70. The maximum atomic E-state index is 10.9. The van der Waals surface area contributed by atoms with Crippen molar-refractivity contribution in [1.82, 2.24) is 4.90 Å². The van der Waals surface area contributed by atoms with E-state index in [-0.39, 0.29) is 0 Å². The van der Waals surface area contributed by atoms with Crippen molar-refractivity contribution in [3.05, 3.63) is 29.3 Å². The molecule has 1 aliphatic rings. The molecule has 4 nitrogen and oxygen atoms in total. The molecule has 104 valence electrons. The molecule has 0 spiro atoms. The zero-order valence-corrected chi connectivity index (χ0v) is 11.6. The first kappa shape index (κ1) is 13.9. The van der Waals surface area contributed by atoms with E-state index >= 15 is 0 Å². The van der Waals surface area contributed by atoms with Crippen LogP contribution in [0.4, 0.5) is 5.69 Å². The van der Waals surface area contributed by atoms with Crippen LogP contribution in [0, 0.1) is 6.92 Å². The van der Waals surface area contributed by atoms with Gasteiger partial charge in [-0.1, -0.05) is 0 Å². The van der Waals surface area contributed by atoms with E-state index in [9.17, 15) is 4.79 Å². The lowest BCUT2D eigenvalue weighted by Crippen LogP contribution is -2.33. The average molecular weight is 262 g/mol. The van der Waals surface area contributed by atoms with Gasteiger partial charge < -0.3 is 15.3 Å². The minimum atomic E-state index is -0.875. The maximum absolute atomic E-state index is 10.9. The molecular weight excluding hydrogens is 240 g/mol. The second-order valence-corrected chi connectivity index (χ2v) is 5.39. The molecule has 0 aromatic heterocycles. The van der Waals surface area contributed by atoms with Crippen molar-refractivity contribution >= 4 is 11.7 Å². The van der Waals surface area contributed by atoms with Crippen LogP contribution in [0.15, 0.2) is 18.2 Å². The van der Waals surface area contributed by atoms with Gasteiger partial charge in [0, 0.05) is 18.3 Å². The second kappa shape index (κ2) is 6.06. The van der Waals surface area contributed by atoms with Gasteiger partial charge in [-0.3, -0.25) is 0 Å². The number of carbonyl (C=O) groups is 1. The predicted molar refractivity (Wildman–Crippen MR) is 76.9 cm³/mol. The molecule has 0 bridgehead atoms. The van der Waals surface area contributed by atoms with Gasteiger partial charge in [0.1, 0.15) is 0 Å². The van der Waals surface area contributed by atoms with Gasteiger partial charge >= 0.3 is 5.97 Å². The van der Waals surface area contributed by atoms with Crippen LogP contribution in [-0.4, -0.2) is 41.7 Å². The lowest BCUT2D eigenvalue weighted by Gasteiger charge is -2.23. The van der Waals surface area contributed by atoms with Crippen LogP contribution >= 0.6 is 0 Å². The number of hydrogen-bond acceptors (Lipinski definition) is 3. The maximum Gasteiger partial charge on any atom is 0.335 e. The smallest absolute Gasteiger partial charge is 0.335 e. The van der Waals surface area contributed by atoms with Gasteiger partial charge in [-0.05, 0) is 63.5 Å². The van der Waals surface area contributed by atoms with Crippen LogP contribution in [-0.2, 0) is 0 Å². The Morgan fingerprint density at radius 3 is 2.68 bits per heavy atom. The normalized spacial score (nSPS) is 17.4. The molecular formula is C15H22N2O2. The van der Waals surface area contributed by atoms with E-state index in [1.54, 1.807) is 12.1 Å². The van der Waals surface area contributed by atoms with Crippen LogP contribution in [0.2, 0.25) is 0 Å². The van der Waals surface area contributed by atoms with Crippen molar-refractivity contribution < 1.29 is 9.90 Å². The fraction of sp³-hybridized carbons (Fsp3) is 0.533. The Bertz CT molecular complexity index is 453. The van der Waals surface area contributed by atoms with Crippen LogP contribution in [0.3, 0.4) is 0 Å². The van der Waals surface area contributed by atoms with Crippen molar-refractivity contribution in [3.63, 3.8) is 0 Å². The topological polar surface area (TPSA) is 52.6 Å². The quantitative estimate of drug-likeness (QED) is 0.856. The van der Waals surface area contributed by atoms with E-state index in [0.717, 1.165) is 17.8 Å². The third-order valence-corrected chi connectivity index (χ3v) is 3.61. The highest BCUT2D eigenvalue weighted by Crippen LogP contribution is 2.18. The molecule has 1 unspecified atom stereocenters. The molecule has 1 aromatic carbocycles. The summed E-state index contributed by atoms with van der Waals surface area (Å²) in [6.07, 6.45) is 2.61. The molecule has 1 aliphatic heterocycles. The summed E-state index contributed by atoms with van der Waals surface area (Å²) in [6, 6.07) is 5.60. The first-order valence-corrected chi connectivity index (χ1v) is 6.89. The summed E-state index contributed by atoms with van der Waals surface area (Å²) in [5, 5.41) is 12.4. The van der Waals surface area contributed by atoms with Crippen LogP contribution in [0.25, 0.3) is 0 Å². The molecule has 2 N–H and O–H groups in total. The van der Waals surface area contributed by atoms with Crippen molar-refractivity contribution in [3.8, 4) is 0 Å². The van der Waals surface area contributed by atoms with Gasteiger partial charge in [-0.25, -0.2) is 4.79 Å². The van der Waals surface area contributed by atoms with Gasteiger partial charge in [0.15, 0.2) is 0 Å². The first-order valence-electron chi connectivity index (χ1n) is 6.89. The Balaban J connectivity index is 1.96. The van der Waals surface area contributed by atoms with Gasteiger partial charge in [-0.15, -0.1) is 0 Å². The predicted octanol–water partition coefficient (Wildman–Crippen LogP) is 2.59. The minimum absolute atomic E-state index is 0.343. The molecule has 1 fully saturated rings. The van der Waals surface area contributed by atoms with Crippen LogP contribution < -0.4 is 5.32 Å². The number of hydrogen-bond donors (Lipinski definition) is 2. The number of benzene rings is 1. The van der Waals surface area contributed by atoms with Crippen molar-refractivity contribution in [2.75, 3.05) is 25.0 Å². The van der Waals surface area contributed by atoms with Gasteiger partial charge in [0.05, 0.1) is 5.56 Å². The summed E-state index contributed by atoms with van der Waals surface area (Å²) < 4.78 is 0. The van der Waals surface area contributed by atoms with E-state index in [1.165, 1.54) is 25.9 Å². The van der Waals surface area contributed by atoms with E-state index in [1.807, 2.05) is 13.0 Å². The summed E-state index contributed by atoms with van der Waals surface area (Å²) in [4.78, 5) is 13.4. The highest BCUT2D eigenvalue weighted by atomic mass is 16.4. The molecule has 0 amide bonds. The van der Waals surface area contributed by atoms with Crippen molar-refractivity contribution in [2.45, 2.75) is 32.7 Å². The third-order valence-electron chi connectivity index (χ3n) is 3.61. The zero-order valence-electron chi connectivity index (χ0n) is 11.6. The van der Waals surface area contributed by atoms with E-state index in [0.29, 0.717) is 11.6 Å². The lowest BCUT2D eigenvalue weighted by molar-refractivity contribution is 0.0697. The molecule has 0 radical (unpaired) electrons. The Labute approximate surface area is 114 Å². The number of nitrogens with zero attached hydrogens (tertiary/aromatic N) is 1. The van der Waals surface area contributed by atoms with Gasteiger partial charge in [-0.2, -0.15) is 0 Å². The highest BCUT2D eigenvalue weighted by Gasteiger charge is 2.15. The molecule has 2 rings (SSSR count). The number of carboxylic acids is 1. The number of aromatic carboxylic acids is 1. The summed E-state index contributed by atoms with van der Waals surface area (Å²) in [7, 11) is 0. The van der Waals surface area contributed by atoms with Crippen molar-refractivity contribution in [1.29, 1.82) is 0 Å². The monoisotopic (exact) mass is 262 g/mol. The summed E-state index contributed by atoms with van der Waals surface area (Å²) in [5.74, 6) is -0.875. The summed E-state index contributed by atoms with van der Waals surface area (Å²) in [5.41, 5.74) is 2.35. The number of rotatable bonds is 5. The number of aryl methyl sites for hydroxylation is 1. The highest BCUT2D eigenvalue weighted by molar-refractivity contribution is 5.88. The van der Waals surface area contributed by atoms with Crippen LogP contribution in [0.5, 0.6) is 0 Å². The largest absolute Gasteiger partial charge is 0.478 e. The fourth-order valence-corrected chi connectivity index (χ4v) is 2.62. The molecule has 1 atom stereocenters. The van der Waals surface area contributed by atoms with Gasteiger partial charge in [0.25, 0.3) is 0 Å². The first-order chi connectivity index (χ1) is 9.06. The minimum Gasteiger partial charge on any atom is -0.478 e. The van der Waals surface area contributed by atoms with E-state index in [2.05, 4.69) is 17.1 Å². The Kier molecular flexibility index (Phi) is 4.43. The van der Waals surface area contributed by atoms with Crippen LogP contribution in [0.1, 0.15) is 35.7 Å². The standard InChI is InChI=1S/C15H22N2O2/c1-11-9-13(15(18)19)5-6-14(11)16-12(2)10-17-7-3-4-8-17/h5-6,9,12,16H,3-4,7-8,10H2,1-2H3,(H,18,19). The van der Waals surface area contributed by atoms with E-state index in [4.69, 9.17) is 5.11 Å². The Hall–Kier alpha value is -1.55. The average Bonchev–Trinajstić information content (AvgIpc) is 2.84. The lowest BCUT2D eigenvalue weighted by atomic mass is 10.1. The number of likely N-dealkylation sites (tertiary alicyclic amines) is 1. The zero-order chi connectivity index (χ0) is 13.8. The van der Waals surface area contributed by atoms with Crippen molar-refractivity contribution in [2.24, 2.45) is 0 Å². The molecule has 1 heterocycles. The molecule has 1 saturated heterocycles. The van der Waals surface area contributed by atoms with E-state index < -0.39 is 5.97 Å². The molecule has 0 saturated carbocycles. The summed E-state index contributed by atoms with van der Waals surface area (Å²) >= 11 is 0. The number of anilines is 1. The summed E-state index contributed by atoms with van der Waals surface area (Å²) in [6.45, 7) is 7.55. The Morgan fingerprint density at radius 1 is 1.42 bits per heavy atom. The molecule has 0 aliphatic carbocycles. The number of carboxylic acid groups (broad SMARTS) is 1. The second-order valence-electron chi connectivity index (χ2n) is 5.39. The Morgan fingerprint density at radius 2 is 2.11 bits per heavy atom. The molecule has 1 aromatic rings. The number of nitrogens with one attached hydrogen (secondary N) is 1. The van der Waals surface area contributed by atoms with Gasteiger partial charge in [0.2, 0.25) is 0 Å².